The topological polar surface area (TPSA) is 51.2 Å². The van der Waals surface area contributed by atoms with Gasteiger partial charge >= 0.3 is 0 Å². The Bertz CT molecular complexity index is 572. The van der Waals surface area contributed by atoms with Crippen molar-refractivity contribution in [3.63, 3.8) is 0 Å². The average Bonchev–Trinajstić information content (AvgIpc) is 3.09. The van der Waals surface area contributed by atoms with Crippen LogP contribution in [-0.2, 0) is 9.53 Å². The number of ether oxygens (including phenoxy) is 3. The van der Waals surface area contributed by atoms with Crippen molar-refractivity contribution in [1.29, 1.82) is 0 Å². The van der Waals surface area contributed by atoms with E-state index in [0.717, 1.165) is 30.9 Å². The molecule has 1 aromatic rings. The van der Waals surface area contributed by atoms with Crippen molar-refractivity contribution >= 4 is 5.91 Å². The number of benzene rings is 1. The Morgan fingerprint density at radius 3 is 2.62 bits per heavy atom. The Labute approximate surface area is 143 Å². The Morgan fingerprint density at radius 2 is 1.92 bits per heavy atom. The van der Waals surface area contributed by atoms with E-state index in [1.807, 2.05) is 17.0 Å². The minimum atomic E-state index is 0.200. The fraction of sp³-hybridized carbons (Fsp3) is 0.611. The third kappa shape index (κ3) is 3.65. The van der Waals surface area contributed by atoms with Crippen molar-refractivity contribution in [3.8, 4) is 11.5 Å². The average molecular weight is 334 g/mol. The molecule has 132 valence electrons. The van der Waals surface area contributed by atoms with E-state index in [9.17, 15) is 4.79 Å². The largest absolute Gasteiger partial charge is 0.493 e. The fourth-order valence-electron chi connectivity index (χ4n) is 3.54. The molecule has 2 aliphatic rings. The number of nitrogens with zero attached hydrogens (tertiary/aromatic N) is 2. The molecule has 1 atom stereocenters. The van der Waals surface area contributed by atoms with E-state index < -0.39 is 0 Å². The number of amides is 1. The van der Waals surface area contributed by atoms with Gasteiger partial charge in [-0.15, -0.1) is 0 Å². The highest BCUT2D eigenvalue weighted by Crippen LogP contribution is 2.36. The molecule has 3 rings (SSSR count). The Balaban J connectivity index is 1.69. The smallest absolute Gasteiger partial charge is 0.236 e. The van der Waals surface area contributed by atoms with Gasteiger partial charge in [-0.1, -0.05) is 6.07 Å². The number of methoxy groups -OCH3 is 2. The minimum absolute atomic E-state index is 0.200. The van der Waals surface area contributed by atoms with Gasteiger partial charge in [0.1, 0.15) is 0 Å². The second kappa shape index (κ2) is 7.85. The molecule has 1 aromatic carbocycles. The summed E-state index contributed by atoms with van der Waals surface area (Å²) in [4.78, 5) is 16.7. The highest BCUT2D eigenvalue weighted by atomic mass is 16.5. The van der Waals surface area contributed by atoms with Gasteiger partial charge in [0.2, 0.25) is 5.91 Å². The number of rotatable bonds is 5. The third-order valence-electron chi connectivity index (χ3n) is 4.86. The molecule has 2 heterocycles. The van der Waals surface area contributed by atoms with Gasteiger partial charge in [-0.05, 0) is 37.1 Å². The van der Waals surface area contributed by atoms with Crippen molar-refractivity contribution in [3.05, 3.63) is 23.8 Å². The molecule has 0 aromatic heterocycles. The molecule has 2 fully saturated rings. The van der Waals surface area contributed by atoms with Gasteiger partial charge in [-0.3, -0.25) is 9.69 Å². The lowest BCUT2D eigenvalue weighted by Gasteiger charge is -2.31. The molecule has 2 aliphatic heterocycles. The van der Waals surface area contributed by atoms with Crippen LogP contribution in [0.2, 0.25) is 0 Å². The summed E-state index contributed by atoms with van der Waals surface area (Å²) in [5, 5.41) is 0. The molecule has 0 N–H and O–H groups in total. The molecule has 2 saturated heterocycles. The molecule has 1 amide bonds. The molecule has 24 heavy (non-hydrogen) atoms. The summed E-state index contributed by atoms with van der Waals surface area (Å²) in [5.41, 5.74) is 1.18. The van der Waals surface area contributed by atoms with Crippen LogP contribution in [0.4, 0.5) is 0 Å². The standard InChI is InChI=1S/C18H26N2O4/c1-22-16-6-5-14(12-17(16)23-2)15-4-3-7-20(15)13-18(21)19-8-10-24-11-9-19/h5-6,12,15H,3-4,7-11,13H2,1-2H3. The molecular formula is C18H26N2O4. The normalized spacial score (nSPS) is 21.8. The van der Waals surface area contributed by atoms with Crippen LogP contribution in [-0.4, -0.2) is 69.3 Å². The Hall–Kier alpha value is -1.79. The van der Waals surface area contributed by atoms with E-state index in [1.165, 1.54) is 5.56 Å². The maximum absolute atomic E-state index is 12.5. The minimum Gasteiger partial charge on any atom is -0.493 e. The summed E-state index contributed by atoms with van der Waals surface area (Å²) in [6.45, 7) is 4.12. The van der Waals surface area contributed by atoms with E-state index in [1.54, 1.807) is 14.2 Å². The number of hydrogen-bond acceptors (Lipinski definition) is 5. The summed E-state index contributed by atoms with van der Waals surface area (Å²) in [6.07, 6.45) is 2.17. The van der Waals surface area contributed by atoms with Crippen LogP contribution in [0.15, 0.2) is 18.2 Å². The summed E-state index contributed by atoms with van der Waals surface area (Å²) in [7, 11) is 3.29. The molecule has 0 spiro atoms. The zero-order chi connectivity index (χ0) is 16.9. The van der Waals surface area contributed by atoms with Gasteiger partial charge in [0.15, 0.2) is 11.5 Å². The lowest BCUT2D eigenvalue weighted by atomic mass is 10.0. The summed E-state index contributed by atoms with van der Waals surface area (Å²) in [5.74, 6) is 1.67. The summed E-state index contributed by atoms with van der Waals surface area (Å²) in [6, 6.07) is 6.30. The van der Waals surface area contributed by atoms with E-state index >= 15 is 0 Å². The van der Waals surface area contributed by atoms with Gasteiger partial charge < -0.3 is 19.1 Å². The van der Waals surface area contributed by atoms with Gasteiger partial charge in [0.25, 0.3) is 0 Å². The highest BCUT2D eigenvalue weighted by molar-refractivity contribution is 5.78. The van der Waals surface area contributed by atoms with E-state index in [-0.39, 0.29) is 11.9 Å². The Morgan fingerprint density at radius 1 is 1.17 bits per heavy atom. The molecule has 0 aliphatic carbocycles. The van der Waals surface area contributed by atoms with Crippen molar-refractivity contribution in [1.82, 2.24) is 9.80 Å². The number of likely N-dealkylation sites (tertiary alicyclic amines) is 1. The predicted molar refractivity (Wildman–Crippen MR) is 90.5 cm³/mol. The first-order chi connectivity index (χ1) is 11.7. The first-order valence-electron chi connectivity index (χ1n) is 8.54. The van der Waals surface area contributed by atoms with Crippen LogP contribution in [0.1, 0.15) is 24.4 Å². The van der Waals surface area contributed by atoms with Gasteiger partial charge in [-0.25, -0.2) is 0 Å². The zero-order valence-electron chi connectivity index (χ0n) is 14.5. The predicted octanol–water partition coefficient (Wildman–Crippen LogP) is 1.70. The van der Waals surface area contributed by atoms with Crippen molar-refractivity contribution < 1.29 is 19.0 Å². The molecule has 1 unspecified atom stereocenters. The van der Waals surface area contributed by atoms with Crippen molar-refractivity contribution in [2.75, 3.05) is 53.6 Å². The van der Waals surface area contributed by atoms with Gasteiger partial charge in [0.05, 0.1) is 34.0 Å². The monoisotopic (exact) mass is 334 g/mol. The quantitative estimate of drug-likeness (QED) is 0.820. The van der Waals surface area contributed by atoms with Crippen LogP contribution in [0.25, 0.3) is 0 Å². The van der Waals surface area contributed by atoms with Crippen LogP contribution >= 0.6 is 0 Å². The van der Waals surface area contributed by atoms with E-state index in [4.69, 9.17) is 14.2 Å². The number of morpholine rings is 1. The second-order valence-corrected chi connectivity index (χ2v) is 6.24. The first-order valence-corrected chi connectivity index (χ1v) is 8.54. The van der Waals surface area contributed by atoms with E-state index in [0.29, 0.717) is 32.8 Å². The van der Waals surface area contributed by atoms with Crippen LogP contribution < -0.4 is 9.47 Å². The lowest BCUT2D eigenvalue weighted by Crippen LogP contribution is -2.45. The molecule has 6 heteroatoms. The highest BCUT2D eigenvalue weighted by Gasteiger charge is 2.30. The molecule has 6 nitrogen and oxygen atoms in total. The second-order valence-electron chi connectivity index (χ2n) is 6.24. The fourth-order valence-corrected chi connectivity index (χ4v) is 3.54. The molecule has 0 saturated carbocycles. The molecular weight excluding hydrogens is 308 g/mol. The van der Waals surface area contributed by atoms with Crippen LogP contribution in [0.3, 0.4) is 0 Å². The first kappa shape index (κ1) is 17.0. The SMILES string of the molecule is COc1ccc(C2CCCN2CC(=O)N2CCOCC2)cc1OC. The summed E-state index contributed by atoms with van der Waals surface area (Å²) >= 11 is 0. The van der Waals surface area contributed by atoms with E-state index in [2.05, 4.69) is 11.0 Å². The van der Waals surface area contributed by atoms with Crippen molar-refractivity contribution in [2.45, 2.75) is 18.9 Å². The zero-order valence-corrected chi connectivity index (χ0v) is 14.5. The van der Waals surface area contributed by atoms with Crippen LogP contribution in [0, 0.1) is 0 Å². The van der Waals surface area contributed by atoms with Gasteiger partial charge in [-0.2, -0.15) is 0 Å². The number of hydrogen-bond donors (Lipinski definition) is 0. The third-order valence-corrected chi connectivity index (χ3v) is 4.86. The Kier molecular flexibility index (Phi) is 5.58. The number of carbonyl (C=O) groups is 1. The van der Waals surface area contributed by atoms with Crippen molar-refractivity contribution in [2.24, 2.45) is 0 Å². The maximum atomic E-state index is 12.5. The van der Waals surface area contributed by atoms with Gasteiger partial charge in [0, 0.05) is 19.1 Å². The summed E-state index contributed by atoms with van der Waals surface area (Å²) < 4.78 is 16.1. The maximum Gasteiger partial charge on any atom is 0.236 e. The molecule has 0 radical (unpaired) electrons. The molecule has 0 bridgehead atoms. The number of carbonyl (C=O) groups excluding carboxylic acids is 1. The lowest BCUT2D eigenvalue weighted by molar-refractivity contribution is -0.136. The van der Waals surface area contributed by atoms with Crippen LogP contribution in [0.5, 0.6) is 11.5 Å².